The molecule has 2 aromatic heterocycles. The van der Waals surface area contributed by atoms with E-state index in [1.165, 1.54) is 12.1 Å². The van der Waals surface area contributed by atoms with Crippen molar-refractivity contribution in [1.29, 1.82) is 0 Å². The smallest absolute Gasteiger partial charge is 0.315 e. The molecule has 0 amide bonds. The molecule has 5 nitrogen and oxygen atoms in total. The van der Waals surface area contributed by atoms with Crippen LogP contribution < -0.4 is 0 Å². The molecule has 4 rings (SSSR count). The highest BCUT2D eigenvalue weighted by Crippen LogP contribution is 2.31. The lowest BCUT2D eigenvalue weighted by atomic mass is 9.95. The first kappa shape index (κ1) is 21.3. The van der Waals surface area contributed by atoms with E-state index in [2.05, 4.69) is 10.1 Å². The van der Waals surface area contributed by atoms with Crippen molar-refractivity contribution in [3.63, 3.8) is 0 Å². The second-order valence-electron chi connectivity index (χ2n) is 6.88. The molecule has 158 valence electrons. The van der Waals surface area contributed by atoms with E-state index in [9.17, 15) is 9.18 Å². The highest BCUT2D eigenvalue weighted by atomic mass is 35.5. The summed E-state index contributed by atoms with van der Waals surface area (Å²) in [6.45, 7) is 1.92. The van der Waals surface area contributed by atoms with Gasteiger partial charge in [0.1, 0.15) is 11.7 Å². The molecule has 0 fully saturated rings. The van der Waals surface area contributed by atoms with Crippen LogP contribution in [0, 0.1) is 5.82 Å². The molecule has 2 heterocycles. The van der Waals surface area contributed by atoms with E-state index >= 15 is 0 Å². The van der Waals surface area contributed by atoms with E-state index in [0.29, 0.717) is 16.4 Å². The number of carbonyl (C=O) groups is 1. The zero-order valence-electron chi connectivity index (χ0n) is 16.6. The van der Waals surface area contributed by atoms with Crippen LogP contribution >= 0.6 is 23.2 Å². The molecule has 0 saturated carbocycles. The number of aromatic nitrogens is 3. The van der Waals surface area contributed by atoms with Gasteiger partial charge in [-0.15, -0.1) is 0 Å². The van der Waals surface area contributed by atoms with Crippen molar-refractivity contribution in [1.82, 2.24) is 14.6 Å². The van der Waals surface area contributed by atoms with Gasteiger partial charge in [0.25, 0.3) is 0 Å². The Hall–Kier alpha value is -2.96. The fourth-order valence-electron chi connectivity index (χ4n) is 3.49. The highest BCUT2D eigenvalue weighted by molar-refractivity contribution is 6.31. The lowest BCUT2D eigenvalue weighted by Crippen LogP contribution is -2.22. The van der Waals surface area contributed by atoms with Crippen LogP contribution in [0.4, 0.5) is 4.39 Å². The van der Waals surface area contributed by atoms with Crippen molar-refractivity contribution in [2.75, 3.05) is 6.61 Å². The number of benzene rings is 2. The van der Waals surface area contributed by atoms with E-state index in [1.807, 2.05) is 12.1 Å². The molecule has 8 heteroatoms. The zero-order valence-corrected chi connectivity index (χ0v) is 18.1. The molecular weight excluding hydrogens is 440 g/mol. The maximum absolute atomic E-state index is 14.5. The van der Waals surface area contributed by atoms with Crippen molar-refractivity contribution >= 4 is 34.8 Å². The molecule has 1 atom stereocenters. The van der Waals surface area contributed by atoms with Gasteiger partial charge in [-0.3, -0.25) is 4.79 Å². The van der Waals surface area contributed by atoms with Gasteiger partial charge >= 0.3 is 5.97 Å². The highest BCUT2D eigenvalue weighted by Gasteiger charge is 2.28. The van der Waals surface area contributed by atoms with Crippen LogP contribution in [0.15, 0.2) is 60.9 Å². The van der Waals surface area contributed by atoms with Gasteiger partial charge in [0, 0.05) is 27.4 Å². The summed E-state index contributed by atoms with van der Waals surface area (Å²) in [5.74, 6) is -1.79. The molecule has 0 aliphatic rings. The molecule has 0 spiro atoms. The number of fused-ring (bicyclic) bond motifs is 1. The van der Waals surface area contributed by atoms with Crippen molar-refractivity contribution < 1.29 is 13.9 Å². The fraction of sp³-hybridized carbons (Fsp3) is 0.174. The van der Waals surface area contributed by atoms with Crippen LogP contribution in [0.5, 0.6) is 0 Å². The average molecular weight is 458 g/mol. The Morgan fingerprint density at radius 2 is 1.94 bits per heavy atom. The Kier molecular flexibility index (Phi) is 6.20. The summed E-state index contributed by atoms with van der Waals surface area (Å²) in [6.07, 6.45) is 3.30. The Balaban J connectivity index is 1.82. The minimum absolute atomic E-state index is 0.0274. The summed E-state index contributed by atoms with van der Waals surface area (Å²) in [4.78, 5) is 17.3. The van der Waals surface area contributed by atoms with E-state index in [4.69, 9.17) is 27.9 Å². The molecule has 4 aromatic rings. The summed E-state index contributed by atoms with van der Waals surface area (Å²) >= 11 is 12.2. The van der Waals surface area contributed by atoms with Gasteiger partial charge in [0.15, 0.2) is 5.65 Å². The van der Waals surface area contributed by atoms with E-state index < -0.39 is 17.7 Å². The predicted octanol–water partition coefficient (Wildman–Crippen LogP) is 5.73. The number of halogens is 3. The normalized spacial score (nSPS) is 12.1. The van der Waals surface area contributed by atoms with Crippen molar-refractivity contribution in [3.05, 3.63) is 88.0 Å². The summed E-state index contributed by atoms with van der Waals surface area (Å²) in [5.41, 5.74) is 3.01. The molecule has 1 unspecified atom stereocenters. The van der Waals surface area contributed by atoms with Gasteiger partial charge in [-0.05, 0) is 49.2 Å². The van der Waals surface area contributed by atoms with Crippen LogP contribution in [0.2, 0.25) is 10.0 Å². The maximum atomic E-state index is 14.5. The number of hydrogen-bond donors (Lipinski definition) is 0. The second kappa shape index (κ2) is 9.04. The molecule has 0 radical (unpaired) electrons. The number of hydrogen-bond acceptors (Lipinski definition) is 4. The molecule has 0 aliphatic heterocycles. The summed E-state index contributed by atoms with van der Waals surface area (Å²) < 4.78 is 21.3. The minimum atomic E-state index is -0.821. The van der Waals surface area contributed by atoms with E-state index in [0.717, 1.165) is 11.1 Å². The molecule has 0 bridgehead atoms. The van der Waals surface area contributed by atoms with Crippen LogP contribution in [0.1, 0.15) is 24.1 Å². The number of esters is 1. The summed E-state index contributed by atoms with van der Waals surface area (Å²) in [7, 11) is 0. The first-order valence-electron chi connectivity index (χ1n) is 9.67. The van der Waals surface area contributed by atoms with Crippen molar-refractivity contribution in [3.8, 4) is 11.1 Å². The third-order valence-corrected chi connectivity index (χ3v) is 5.59. The first-order chi connectivity index (χ1) is 15.0. The molecule has 0 saturated heterocycles. The zero-order chi connectivity index (χ0) is 22.0. The average Bonchev–Trinajstić information content (AvgIpc) is 3.19. The maximum Gasteiger partial charge on any atom is 0.315 e. The number of rotatable bonds is 6. The lowest BCUT2D eigenvalue weighted by Gasteiger charge is -2.18. The lowest BCUT2D eigenvalue weighted by molar-refractivity contribution is -0.145. The Labute approximate surface area is 188 Å². The standard InChI is InChI=1S/C23H18Cl2FN3O2/c1-2-31-23(30)17(12-16-19(25)4-3-5-20(16)26)21-10-11-27-22-18(13-28-29(21)22)14-6-8-15(24)9-7-14/h3-11,13,17H,2,12H2,1H3. The first-order valence-corrected chi connectivity index (χ1v) is 10.4. The Morgan fingerprint density at radius 3 is 2.65 bits per heavy atom. The van der Waals surface area contributed by atoms with Gasteiger partial charge in [0.05, 0.1) is 18.5 Å². The van der Waals surface area contributed by atoms with Gasteiger partial charge in [0.2, 0.25) is 0 Å². The van der Waals surface area contributed by atoms with Gasteiger partial charge in [-0.1, -0.05) is 41.4 Å². The Bertz CT molecular complexity index is 1220. The van der Waals surface area contributed by atoms with Gasteiger partial charge in [-0.2, -0.15) is 5.10 Å². The summed E-state index contributed by atoms with van der Waals surface area (Å²) in [5, 5.41) is 5.33. The second-order valence-corrected chi connectivity index (χ2v) is 7.72. The number of nitrogens with zero attached hydrogens (tertiary/aromatic N) is 3. The third-order valence-electron chi connectivity index (χ3n) is 4.98. The summed E-state index contributed by atoms with van der Waals surface area (Å²) in [6, 6.07) is 13.4. The quantitative estimate of drug-likeness (QED) is 0.346. The van der Waals surface area contributed by atoms with Gasteiger partial charge < -0.3 is 4.74 Å². The molecule has 0 aliphatic carbocycles. The SMILES string of the molecule is CCOC(=O)C(Cc1c(F)cccc1Cl)c1ccnc2c(-c3ccc(Cl)cc3)cnn12. The van der Waals surface area contributed by atoms with E-state index in [1.54, 1.807) is 48.1 Å². The third kappa shape index (κ3) is 4.27. The van der Waals surface area contributed by atoms with Crippen molar-refractivity contribution in [2.45, 2.75) is 19.3 Å². The monoisotopic (exact) mass is 457 g/mol. The molecule has 0 N–H and O–H groups in total. The van der Waals surface area contributed by atoms with Crippen LogP contribution in [0.25, 0.3) is 16.8 Å². The molecular formula is C23H18Cl2FN3O2. The number of ether oxygens (including phenoxy) is 1. The van der Waals surface area contributed by atoms with Crippen LogP contribution in [-0.2, 0) is 16.0 Å². The van der Waals surface area contributed by atoms with Crippen LogP contribution in [0.3, 0.4) is 0 Å². The molecule has 2 aromatic carbocycles. The Morgan fingerprint density at radius 1 is 1.16 bits per heavy atom. The largest absolute Gasteiger partial charge is 0.465 e. The topological polar surface area (TPSA) is 56.5 Å². The van der Waals surface area contributed by atoms with Crippen molar-refractivity contribution in [2.24, 2.45) is 0 Å². The number of carbonyl (C=O) groups excluding carboxylic acids is 1. The van der Waals surface area contributed by atoms with E-state index in [-0.39, 0.29) is 23.6 Å². The predicted molar refractivity (Wildman–Crippen MR) is 118 cm³/mol. The van der Waals surface area contributed by atoms with Crippen LogP contribution in [-0.4, -0.2) is 27.2 Å². The fourth-order valence-corrected chi connectivity index (χ4v) is 3.86. The minimum Gasteiger partial charge on any atom is -0.465 e. The van der Waals surface area contributed by atoms with Gasteiger partial charge in [-0.25, -0.2) is 13.9 Å². The molecule has 31 heavy (non-hydrogen) atoms.